The number of nitrogens with one attached hydrogen (secondary N) is 1. The molecule has 1 fully saturated rings. The Morgan fingerprint density at radius 2 is 1.92 bits per heavy atom. The SMILES string of the molecule is CN1CCN([C@@H](CNS(=O)(=O)c2cc(Cl)ccc2Cl)c2ccsc2)CC1. The van der Waals surface area contributed by atoms with Crippen LogP contribution in [0.5, 0.6) is 0 Å². The molecule has 3 rings (SSSR count). The molecule has 0 unspecified atom stereocenters. The van der Waals surface area contributed by atoms with Gasteiger partial charge in [-0.2, -0.15) is 11.3 Å². The lowest BCUT2D eigenvalue weighted by molar-refractivity contribution is 0.113. The number of piperazine rings is 1. The van der Waals surface area contributed by atoms with Crippen LogP contribution in [0.25, 0.3) is 0 Å². The van der Waals surface area contributed by atoms with E-state index in [2.05, 4.69) is 26.9 Å². The molecule has 26 heavy (non-hydrogen) atoms. The Morgan fingerprint density at radius 3 is 2.58 bits per heavy atom. The molecule has 1 aliphatic rings. The predicted molar refractivity (Wildman–Crippen MR) is 108 cm³/mol. The van der Waals surface area contributed by atoms with Crippen LogP contribution >= 0.6 is 34.5 Å². The van der Waals surface area contributed by atoms with E-state index in [0.29, 0.717) is 5.02 Å². The molecule has 1 aromatic carbocycles. The van der Waals surface area contributed by atoms with Gasteiger partial charge >= 0.3 is 0 Å². The van der Waals surface area contributed by atoms with Gasteiger partial charge in [0, 0.05) is 43.8 Å². The zero-order valence-electron chi connectivity index (χ0n) is 14.4. The lowest BCUT2D eigenvalue weighted by Gasteiger charge is -2.38. The molecular formula is C17H21Cl2N3O2S2. The highest BCUT2D eigenvalue weighted by atomic mass is 35.5. The van der Waals surface area contributed by atoms with Crippen molar-refractivity contribution in [3.63, 3.8) is 0 Å². The van der Waals surface area contributed by atoms with Gasteiger partial charge in [-0.1, -0.05) is 23.2 Å². The maximum absolute atomic E-state index is 12.7. The first-order chi connectivity index (χ1) is 12.4. The van der Waals surface area contributed by atoms with Gasteiger partial charge in [0.25, 0.3) is 0 Å². The minimum atomic E-state index is -3.75. The molecule has 1 atom stereocenters. The zero-order valence-corrected chi connectivity index (χ0v) is 17.5. The van der Waals surface area contributed by atoms with Crippen LogP contribution in [0.3, 0.4) is 0 Å². The van der Waals surface area contributed by atoms with Gasteiger partial charge in [-0.3, -0.25) is 4.90 Å². The quantitative estimate of drug-likeness (QED) is 0.758. The largest absolute Gasteiger partial charge is 0.304 e. The molecule has 9 heteroatoms. The van der Waals surface area contributed by atoms with Crippen molar-refractivity contribution in [2.45, 2.75) is 10.9 Å². The summed E-state index contributed by atoms with van der Waals surface area (Å²) in [5.74, 6) is 0. The Bertz CT molecular complexity index is 836. The van der Waals surface area contributed by atoms with Crippen molar-refractivity contribution in [1.82, 2.24) is 14.5 Å². The molecule has 0 radical (unpaired) electrons. The second kappa shape index (κ2) is 8.56. The summed E-state index contributed by atoms with van der Waals surface area (Å²) in [5.41, 5.74) is 1.12. The van der Waals surface area contributed by atoms with E-state index < -0.39 is 10.0 Å². The molecule has 0 saturated carbocycles. The third-order valence-electron chi connectivity index (χ3n) is 4.56. The fourth-order valence-corrected chi connectivity index (χ4v) is 5.51. The number of hydrogen-bond acceptors (Lipinski definition) is 5. The third kappa shape index (κ3) is 4.78. The maximum Gasteiger partial charge on any atom is 0.242 e. The van der Waals surface area contributed by atoms with Gasteiger partial charge in [0.05, 0.1) is 5.02 Å². The lowest BCUT2D eigenvalue weighted by atomic mass is 10.1. The van der Waals surface area contributed by atoms with Crippen molar-refractivity contribution < 1.29 is 8.42 Å². The van der Waals surface area contributed by atoms with Crippen LogP contribution in [0.1, 0.15) is 11.6 Å². The molecule has 0 amide bonds. The minimum absolute atomic E-state index is 0.00844. The summed E-state index contributed by atoms with van der Waals surface area (Å²) < 4.78 is 28.2. The monoisotopic (exact) mass is 433 g/mol. The summed E-state index contributed by atoms with van der Waals surface area (Å²) in [6, 6.07) is 6.48. The van der Waals surface area contributed by atoms with Gasteiger partial charge in [-0.05, 0) is 47.6 Å². The first-order valence-electron chi connectivity index (χ1n) is 8.26. The summed E-state index contributed by atoms with van der Waals surface area (Å²) in [6.45, 7) is 4.01. The standard InChI is InChI=1S/C17H21Cl2N3O2S2/c1-21-5-7-22(8-6-21)16(13-4-9-25-12-13)11-20-26(23,24)17-10-14(18)2-3-15(17)19/h2-4,9-10,12,16,20H,5-8,11H2,1H3/t16-/m0/s1. The summed E-state index contributed by atoms with van der Waals surface area (Å²) in [4.78, 5) is 4.61. The third-order valence-corrected chi connectivity index (χ3v) is 7.40. The average molecular weight is 434 g/mol. The van der Waals surface area contributed by atoms with E-state index in [-0.39, 0.29) is 22.5 Å². The molecule has 1 aromatic heterocycles. The van der Waals surface area contributed by atoms with Crippen molar-refractivity contribution in [3.8, 4) is 0 Å². The van der Waals surface area contributed by atoms with E-state index >= 15 is 0 Å². The second-order valence-electron chi connectivity index (χ2n) is 6.34. The highest BCUT2D eigenvalue weighted by Crippen LogP contribution is 2.27. The van der Waals surface area contributed by atoms with E-state index in [1.54, 1.807) is 17.4 Å². The Hall–Kier alpha value is -0.670. The Labute approximate surface area is 168 Å². The van der Waals surface area contributed by atoms with Gasteiger partial charge in [0.1, 0.15) is 4.90 Å². The first-order valence-corrected chi connectivity index (χ1v) is 11.4. The first kappa shape index (κ1) is 20.1. The predicted octanol–water partition coefficient (Wildman–Crippen LogP) is 3.32. The van der Waals surface area contributed by atoms with Crippen molar-refractivity contribution in [3.05, 3.63) is 50.6 Å². The van der Waals surface area contributed by atoms with Gasteiger partial charge < -0.3 is 4.90 Å². The van der Waals surface area contributed by atoms with E-state index in [4.69, 9.17) is 23.2 Å². The normalized spacial score (nSPS) is 18.1. The fourth-order valence-electron chi connectivity index (χ4n) is 3.01. The van der Waals surface area contributed by atoms with Gasteiger partial charge in [0.2, 0.25) is 10.0 Å². The van der Waals surface area contributed by atoms with Gasteiger partial charge in [-0.15, -0.1) is 0 Å². The van der Waals surface area contributed by atoms with Crippen LogP contribution in [-0.2, 0) is 10.0 Å². The highest BCUT2D eigenvalue weighted by Gasteiger charge is 2.27. The Kier molecular flexibility index (Phi) is 6.61. The molecule has 2 heterocycles. The summed E-state index contributed by atoms with van der Waals surface area (Å²) >= 11 is 13.6. The molecule has 5 nitrogen and oxygen atoms in total. The highest BCUT2D eigenvalue weighted by molar-refractivity contribution is 7.89. The van der Waals surface area contributed by atoms with Crippen LogP contribution in [0, 0.1) is 0 Å². The van der Waals surface area contributed by atoms with Gasteiger partial charge in [-0.25, -0.2) is 13.1 Å². The maximum atomic E-state index is 12.7. The topological polar surface area (TPSA) is 52.6 Å². The molecular weight excluding hydrogens is 413 g/mol. The molecule has 0 aliphatic carbocycles. The van der Waals surface area contributed by atoms with Crippen LogP contribution < -0.4 is 4.72 Å². The van der Waals surface area contributed by atoms with Crippen molar-refractivity contribution in [2.24, 2.45) is 0 Å². The Balaban J connectivity index is 1.78. The number of halogens is 2. The lowest BCUT2D eigenvalue weighted by Crippen LogP contribution is -2.48. The molecule has 1 saturated heterocycles. The smallest absolute Gasteiger partial charge is 0.242 e. The number of nitrogens with zero attached hydrogens (tertiary/aromatic N) is 2. The number of sulfonamides is 1. The summed E-state index contributed by atoms with van der Waals surface area (Å²) in [5, 5.41) is 4.58. The zero-order chi connectivity index (χ0) is 18.7. The van der Waals surface area contributed by atoms with E-state index in [1.807, 2.05) is 11.4 Å². The van der Waals surface area contributed by atoms with E-state index in [1.165, 1.54) is 12.1 Å². The number of hydrogen-bond donors (Lipinski definition) is 1. The molecule has 0 spiro atoms. The van der Waals surface area contributed by atoms with Crippen LogP contribution in [0.4, 0.5) is 0 Å². The second-order valence-corrected chi connectivity index (χ2v) is 9.70. The van der Waals surface area contributed by atoms with Crippen molar-refractivity contribution in [2.75, 3.05) is 39.8 Å². The fraction of sp³-hybridized carbons (Fsp3) is 0.412. The minimum Gasteiger partial charge on any atom is -0.304 e. The number of benzene rings is 1. The average Bonchev–Trinajstić information content (AvgIpc) is 3.13. The van der Waals surface area contributed by atoms with Crippen molar-refractivity contribution in [1.29, 1.82) is 0 Å². The number of likely N-dealkylation sites (N-methyl/N-ethyl adjacent to an activating group) is 1. The molecule has 0 bridgehead atoms. The van der Waals surface area contributed by atoms with Crippen LogP contribution in [0.2, 0.25) is 10.0 Å². The summed E-state index contributed by atoms with van der Waals surface area (Å²) in [7, 11) is -1.65. The molecule has 2 aromatic rings. The van der Waals surface area contributed by atoms with E-state index in [0.717, 1.165) is 31.7 Å². The van der Waals surface area contributed by atoms with Crippen LogP contribution in [-0.4, -0.2) is 58.0 Å². The summed E-state index contributed by atoms with van der Waals surface area (Å²) in [6.07, 6.45) is 0. The molecule has 1 N–H and O–H groups in total. The van der Waals surface area contributed by atoms with Crippen molar-refractivity contribution >= 4 is 44.6 Å². The molecule has 1 aliphatic heterocycles. The van der Waals surface area contributed by atoms with Crippen LogP contribution in [0.15, 0.2) is 39.9 Å². The van der Waals surface area contributed by atoms with E-state index in [9.17, 15) is 8.42 Å². The number of thiophene rings is 1. The molecule has 142 valence electrons. The van der Waals surface area contributed by atoms with Gasteiger partial charge in [0.15, 0.2) is 0 Å². The Morgan fingerprint density at radius 1 is 1.19 bits per heavy atom. The number of rotatable bonds is 6.